The van der Waals surface area contributed by atoms with Crippen molar-refractivity contribution in [1.29, 1.82) is 0 Å². The quantitative estimate of drug-likeness (QED) is 0.386. The van der Waals surface area contributed by atoms with Crippen LogP contribution >= 0.6 is 11.6 Å². The molecule has 0 aliphatic carbocycles. The van der Waals surface area contributed by atoms with Crippen molar-refractivity contribution < 1.29 is 18.3 Å². The van der Waals surface area contributed by atoms with Crippen molar-refractivity contribution in [1.82, 2.24) is 19.9 Å². The summed E-state index contributed by atoms with van der Waals surface area (Å²) >= 11 is 6.62. The van der Waals surface area contributed by atoms with Gasteiger partial charge in [0.15, 0.2) is 5.82 Å². The molecule has 1 spiro atoms. The molecule has 2 fully saturated rings. The summed E-state index contributed by atoms with van der Waals surface area (Å²) in [6, 6.07) is 4.65. The number of aromatic nitrogens is 4. The van der Waals surface area contributed by atoms with Crippen molar-refractivity contribution in [3.8, 4) is 11.4 Å². The number of pyridine rings is 2. The van der Waals surface area contributed by atoms with Crippen molar-refractivity contribution >= 4 is 23.2 Å². The fraction of sp³-hybridized carbons (Fsp3) is 0.379. The van der Waals surface area contributed by atoms with E-state index in [0.29, 0.717) is 28.7 Å². The number of halogens is 3. The Balaban J connectivity index is 1.18. The van der Waals surface area contributed by atoms with E-state index in [-0.39, 0.29) is 12.3 Å². The van der Waals surface area contributed by atoms with Crippen LogP contribution in [0.15, 0.2) is 59.4 Å². The van der Waals surface area contributed by atoms with Crippen molar-refractivity contribution in [3.63, 3.8) is 0 Å². The molecule has 6 heterocycles. The molecular formula is C29H29ClF2N6O2. The molecule has 0 aromatic carbocycles. The highest BCUT2D eigenvalue weighted by Crippen LogP contribution is 2.41. The molecule has 0 atom stereocenters. The first kappa shape index (κ1) is 26.6. The second-order valence-electron chi connectivity index (χ2n) is 10.6. The predicted molar refractivity (Wildman–Crippen MR) is 148 cm³/mol. The molecule has 11 heteroatoms. The number of ether oxygens (including phenoxy) is 2. The standard InChI is InChI=1S/C29H29ClF2N6O2/c1-18-12-34-24(23-3-6-33-28(36-23)37-16-29(17-37)4-7-39-8-5-29)11-26(18)38-14-21(30)27(9-19(38)2)40-15-25-22(32)10-20(31)13-35-25/h3,6,9-13H,4-5,7-8,14-17H2,1-2H3. The maximum absolute atomic E-state index is 14.0. The van der Waals surface area contributed by atoms with Gasteiger partial charge < -0.3 is 19.3 Å². The molecule has 0 bridgehead atoms. The minimum absolute atomic E-state index is 0.00634. The summed E-state index contributed by atoms with van der Waals surface area (Å²) < 4.78 is 38.4. The van der Waals surface area contributed by atoms with E-state index >= 15 is 0 Å². The Morgan fingerprint density at radius 1 is 1.05 bits per heavy atom. The molecule has 6 rings (SSSR count). The summed E-state index contributed by atoms with van der Waals surface area (Å²) in [7, 11) is 0. The van der Waals surface area contributed by atoms with Gasteiger partial charge in [-0.1, -0.05) is 11.6 Å². The number of allylic oxidation sites excluding steroid dienone is 2. The van der Waals surface area contributed by atoms with Gasteiger partial charge in [0.2, 0.25) is 5.95 Å². The fourth-order valence-corrected chi connectivity index (χ4v) is 5.62. The van der Waals surface area contributed by atoms with E-state index < -0.39 is 11.6 Å². The first-order valence-corrected chi connectivity index (χ1v) is 13.6. The molecule has 0 unspecified atom stereocenters. The third-order valence-electron chi connectivity index (χ3n) is 7.74. The summed E-state index contributed by atoms with van der Waals surface area (Å²) in [6.07, 6.45) is 8.52. The van der Waals surface area contributed by atoms with E-state index in [9.17, 15) is 8.78 Å². The SMILES string of the molecule is CC1=CC(OCc2ncc(F)cc2F)=C(Cl)CN1c1cc(-c2ccnc(N3CC4(CCOCC4)C3)n2)ncc1C. The van der Waals surface area contributed by atoms with Crippen LogP contribution in [0.4, 0.5) is 20.4 Å². The van der Waals surface area contributed by atoms with Gasteiger partial charge in [-0.2, -0.15) is 0 Å². The number of hydrogen-bond acceptors (Lipinski definition) is 8. The Bertz CT molecular complexity index is 1500. The van der Waals surface area contributed by atoms with Gasteiger partial charge in [-0.3, -0.25) is 9.97 Å². The Morgan fingerprint density at radius 2 is 1.85 bits per heavy atom. The number of rotatable bonds is 6. The Hall–Kier alpha value is -3.63. The van der Waals surface area contributed by atoms with Crippen LogP contribution in [-0.4, -0.2) is 52.8 Å². The highest BCUT2D eigenvalue weighted by molar-refractivity contribution is 6.30. The molecule has 208 valence electrons. The van der Waals surface area contributed by atoms with Gasteiger partial charge in [0.1, 0.15) is 23.9 Å². The lowest BCUT2D eigenvalue weighted by molar-refractivity contribution is -0.000732. The van der Waals surface area contributed by atoms with E-state index in [1.807, 2.05) is 32.2 Å². The summed E-state index contributed by atoms with van der Waals surface area (Å²) in [6.45, 7) is 7.68. The minimum atomic E-state index is -0.764. The van der Waals surface area contributed by atoms with Gasteiger partial charge in [0.05, 0.1) is 29.2 Å². The van der Waals surface area contributed by atoms with Crippen molar-refractivity contribution in [2.45, 2.75) is 33.3 Å². The maximum Gasteiger partial charge on any atom is 0.225 e. The molecule has 2 saturated heterocycles. The largest absolute Gasteiger partial charge is 0.486 e. The van der Waals surface area contributed by atoms with E-state index in [0.717, 1.165) is 79.7 Å². The maximum atomic E-state index is 14.0. The predicted octanol–water partition coefficient (Wildman–Crippen LogP) is 5.53. The van der Waals surface area contributed by atoms with Crippen LogP contribution in [0.2, 0.25) is 0 Å². The van der Waals surface area contributed by atoms with Crippen molar-refractivity contribution in [2.75, 3.05) is 42.6 Å². The van der Waals surface area contributed by atoms with Gasteiger partial charge in [-0.15, -0.1) is 0 Å². The Labute approximate surface area is 236 Å². The second-order valence-corrected chi connectivity index (χ2v) is 11.0. The van der Waals surface area contributed by atoms with Gasteiger partial charge in [0.25, 0.3) is 0 Å². The summed E-state index contributed by atoms with van der Waals surface area (Å²) in [4.78, 5) is 22.1. The van der Waals surface area contributed by atoms with Crippen molar-refractivity contribution in [2.24, 2.45) is 5.41 Å². The zero-order chi connectivity index (χ0) is 27.9. The van der Waals surface area contributed by atoms with Gasteiger partial charge in [0, 0.05) is 67.6 Å². The van der Waals surface area contributed by atoms with Crippen LogP contribution in [0.5, 0.6) is 0 Å². The first-order valence-electron chi connectivity index (χ1n) is 13.2. The van der Waals surface area contributed by atoms with E-state index in [1.54, 1.807) is 12.3 Å². The normalized spacial score (nSPS) is 18.6. The Morgan fingerprint density at radius 3 is 2.62 bits per heavy atom. The average Bonchev–Trinajstić information content (AvgIpc) is 2.93. The third-order valence-corrected chi connectivity index (χ3v) is 8.04. The topological polar surface area (TPSA) is 76.5 Å². The van der Waals surface area contributed by atoms with Crippen molar-refractivity contribution in [3.05, 3.63) is 82.2 Å². The van der Waals surface area contributed by atoms with Crippen LogP contribution in [-0.2, 0) is 16.1 Å². The number of aryl methyl sites for hydroxylation is 1. The zero-order valence-electron chi connectivity index (χ0n) is 22.3. The number of anilines is 2. The average molecular weight is 567 g/mol. The molecule has 0 N–H and O–H groups in total. The monoisotopic (exact) mass is 566 g/mol. The fourth-order valence-electron chi connectivity index (χ4n) is 5.39. The van der Waals surface area contributed by atoms with Crippen LogP contribution < -0.4 is 9.80 Å². The highest BCUT2D eigenvalue weighted by Gasteiger charge is 2.44. The molecule has 3 aromatic heterocycles. The molecule has 40 heavy (non-hydrogen) atoms. The van der Waals surface area contributed by atoms with Gasteiger partial charge in [-0.05, 0) is 44.4 Å². The summed E-state index contributed by atoms with van der Waals surface area (Å²) in [5.41, 5.74) is 4.61. The van der Waals surface area contributed by atoms with Crippen LogP contribution in [0, 0.1) is 24.0 Å². The highest BCUT2D eigenvalue weighted by atomic mass is 35.5. The minimum Gasteiger partial charge on any atom is -0.486 e. The van der Waals surface area contributed by atoms with Gasteiger partial charge >= 0.3 is 0 Å². The molecule has 0 saturated carbocycles. The van der Waals surface area contributed by atoms with Gasteiger partial charge in [-0.25, -0.2) is 18.7 Å². The molecule has 0 amide bonds. The summed E-state index contributed by atoms with van der Waals surface area (Å²) in [5, 5.41) is 0.454. The lowest BCUT2D eigenvalue weighted by atomic mass is 9.73. The number of nitrogens with zero attached hydrogens (tertiary/aromatic N) is 6. The smallest absolute Gasteiger partial charge is 0.225 e. The van der Waals surface area contributed by atoms with E-state index in [1.165, 1.54) is 0 Å². The second kappa shape index (κ2) is 10.7. The molecule has 8 nitrogen and oxygen atoms in total. The lowest BCUT2D eigenvalue weighted by Gasteiger charge is -2.52. The lowest BCUT2D eigenvalue weighted by Crippen LogP contribution is -2.59. The van der Waals surface area contributed by atoms with E-state index in [4.69, 9.17) is 26.1 Å². The number of hydrogen-bond donors (Lipinski definition) is 0. The summed E-state index contributed by atoms with van der Waals surface area (Å²) in [5.74, 6) is -0.366. The molecule has 3 aliphatic heterocycles. The molecule has 3 aliphatic rings. The molecular weight excluding hydrogens is 538 g/mol. The third kappa shape index (κ3) is 5.25. The molecule has 0 radical (unpaired) electrons. The van der Waals surface area contributed by atoms with Crippen LogP contribution in [0.1, 0.15) is 31.0 Å². The van der Waals surface area contributed by atoms with Crippen LogP contribution in [0.3, 0.4) is 0 Å². The zero-order valence-corrected chi connectivity index (χ0v) is 23.1. The van der Waals surface area contributed by atoms with E-state index in [2.05, 4.69) is 24.8 Å². The Kier molecular flexibility index (Phi) is 7.14. The van der Waals surface area contributed by atoms with Crippen LogP contribution in [0.25, 0.3) is 11.4 Å². The first-order chi connectivity index (χ1) is 19.3. The molecule has 3 aromatic rings.